The molecule has 0 aliphatic heterocycles. The van der Waals surface area contributed by atoms with Crippen molar-refractivity contribution in [2.45, 2.75) is 6.92 Å². The molecule has 0 fully saturated rings. The summed E-state index contributed by atoms with van der Waals surface area (Å²) in [4.78, 5) is 10.2. The first-order valence-corrected chi connectivity index (χ1v) is 6.26. The Morgan fingerprint density at radius 3 is 2.48 bits per heavy atom. The van der Waals surface area contributed by atoms with E-state index in [4.69, 9.17) is 20.4 Å². The Morgan fingerprint density at radius 1 is 1.19 bits per heavy atom. The van der Waals surface area contributed by atoms with Gasteiger partial charge in [0.25, 0.3) is 11.6 Å². The van der Waals surface area contributed by atoms with Gasteiger partial charge in [0.05, 0.1) is 27.3 Å². The van der Waals surface area contributed by atoms with Gasteiger partial charge in [-0.3, -0.25) is 10.1 Å². The first-order valence-electron chi connectivity index (χ1n) is 5.88. The Bertz CT molecular complexity index is 824. The summed E-state index contributed by atoms with van der Waals surface area (Å²) in [7, 11) is 0. The van der Waals surface area contributed by atoms with Crippen molar-refractivity contribution in [3.63, 3.8) is 0 Å². The lowest BCUT2D eigenvalue weighted by Gasteiger charge is -1.98. The molecular weight excluding hydrogens is 298 g/mol. The third-order valence-corrected chi connectivity index (χ3v) is 3.22. The molecule has 2 aromatic heterocycles. The highest BCUT2D eigenvalue weighted by atomic mass is 35.5. The zero-order valence-electron chi connectivity index (χ0n) is 10.7. The third kappa shape index (κ3) is 2.38. The van der Waals surface area contributed by atoms with Crippen molar-refractivity contribution in [3.8, 4) is 22.9 Å². The van der Waals surface area contributed by atoms with Crippen LogP contribution in [0.2, 0.25) is 5.02 Å². The smallest absolute Gasteiger partial charge is 0.270 e. The Morgan fingerprint density at radius 2 is 1.90 bits per heavy atom. The third-order valence-electron chi connectivity index (χ3n) is 2.91. The van der Waals surface area contributed by atoms with Crippen LogP contribution in [0.3, 0.4) is 0 Å². The number of rotatable bonds is 3. The van der Waals surface area contributed by atoms with Crippen molar-refractivity contribution in [2.75, 3.05) is 0 Å². The van der Waals surface area contributed by atoms with E-state index >= 15 is 0 Å². The topological polar surface area (TPSA) is 95.2 Å². The van der Waals surface area contributed by atoms with Crippen LogP contribution in [0.1, 0.15) is 5.76 Å². The predicted molar refractivity (Wildman–Crippen MR) is 73.8 cm³/mol. The molecule has 0 aliphatic rings. The summed E-state index contributed by atoms with van der Waals surface area (Å²) in [5.41, 5.74) is 1.02. The molecule has 0 saturated heterocycles. The minimum absolute atomic E-state index is 0.103. The zero-order chi connectivity index (χ0) is 15.0. The molecule has 0 aliphatic carbocycles. The number of nitro benzene ring substituents is 1. The molecule has 21 heavy (non-hydrogen) atoms. The first-order chi connectivity index (χ1) is 10.1. The summed E-state index contributed by atoms with van der Waals surface area (Å²) in [5.74, 6) is 1.14. The Balaban J connectivity index is 2.01. The summed E-state index contributed by atoms with van der Waals surface area (Å²) in [5, 5.41) is 18.7. The highest BCUT2D eigenvalue weighted by Crippen LogP contribution is 2.32. The van der Waals surface area contributed by atoms with Crippen molar-refractivity contribution in [1.82, 2.24) is 10.2 Å². The van der Waals surface area contributed by atoms with Crippen LogP contribution in [-0.4, -0.2) is 15.1 Å². The number of hydrogen-bond acceptors (Lipinski definition) is 6. The molecular formula is C13H8ClN3O4. The fourth-order valence-electron chi connectivity index (χ4n) is 1.84. The van der Waals surface area contributed by atoms with E-state index in [1.165, 1.54) is 24.5 Å². The van der Waals surface area contributed by atoms with E-state index in [1.54, 1.807) is 13.0 Å². The van der Waals surface area contributed by atoms with Gasteiger partial charge in [-0.15, -0.1) is 10.2 Å². The molecule has 0 bridgehead atoms. The van der Waals surface area contributed by atoms with Crippen LogP contribution in [0.15, 0.2) is 39.4 Å². The molecule has 7 nitrogen and oxygen atoms in total. The summed E-state index contributed by atoms with van der Waals surface area (Å²) in [6, 6.07) is 5.75. The van der Waals surface area contributed by atoms with Gasteiger partial charge in [0.1, 0.15) is 5.76 Å². The lowest BCUT2D eigenvalue weighted by atomic mass is 10.2. The largest absolute Gasteiger partial charge is 0.469 e. The van der Waals surface area contributed by atoms with Crippen LogP contribution < -0.4 is 0 Å². The van der Waals surface area contributed by atoms with Gasteiger partial charge < -0.3 is 8.83 Å². The number of furan rings is 1. The van der Waals surface area contributed by atoms with Gasteiger partial charge in [0.15, 0.2) is 0 Å². The first kappa shape index (κ1) is 13.3. The normalized spacial score (nSPS) is 10.8. The monoisotopic (exact) mass is 305 g/mol. The average molecular weight is 306 g/mol. The Kier molecular flexibility index (Phi) is 3.19. The van der Waals surface area contributed by atoms with Gasteiger partial charge >= 0.3 is 0 Å². The molecule has 3 rings (SSSR count). The zero-order valence-corrected chi connectivity index (χ0v) is 11.5. The molecule has 8 heteroatoms. The number of halogens is 1. The van der Waals surface area contributed by atoms with Crippen LogP contribution in [0.4, 0.5) is 5.69 Å². The highest BCUT2D eigenvalue weighted by Gasteiger charge is 2.17. The maximum Gasteiger partial charge on any atom is 0.270 e. The molecule has 0 radical (unpaired) electrons. The van der Waals surface area contributed by atoms with Gasteiger partial charge in [-0.05, 0) is 19.1 Å². The van der Waals surface area contributed by atoms with Crippen molar-refractivity contribution in [3.05, 3.63) is 51.4 Å². The summed E-state index contributed by atoms with van der Waals surface area (Å²) in [6.45, 7) is 1.78. The number of hydrogen-bond donors (Lipinski definition) is 0. The molecule has 2 heterocycles. The number of non-ortho nitro benzene ring substituents is 1. The molecule has 0 amide bonds. The fourth-order valence-corrected chi connectivity index (χ4v) is 2.09. The van der Waals surface area contributed by atoms with Gasteiger partial charge in [-0.25, -0.2) is 0 Å². The fraction of sp³-hybridized carbons (Fsp3) is 0.0769. The van der Waals surface area contributed by atoms with E-state index in [2.05, 4.69) is 10.2 Å². The van der Waals surface area contributed by atoms with Crippen LogP contribution in [0, 0.1) is 17.0 Å². The van der Waals surface area contributed by atoms with Gasteiger partial charge in [-0.1, -0.05) is 11.6 Å². The van der Waals surface area contributed by atoms with Crippen molar-refractivity contribution >= 4 is 17.3 Å². The highest BCUT2D eigenvalue weighted by molar-refractivity contribution is 6.33. The number of nitrogens with zero attached hydrogens (tertiary/aromatic N) is 3. The predicted octanol–water partition coefficient (Wildman–Crippen LogP) is 3.87. The molecule has 1 aromatic carbocycles. The Hall–Kier alpha value is -2.67. The molecule has 3 aromatic rings. The molecule has 106 valence electrons. The molecule has 0 saturated carbocycles. The van der Waals surface area contributed by atoms with Gasteiger partial charge in [0.2, 0.25) is 5.89 Å². The molecule has 0 spiro atoms. The summed E-state index contributed by atoms with van der Waals surface area (Å²) >= 11 is 6.02. The quantitative estimate of drug-likeness (QED) is 0.538. The molecule has 0 N–H and O–H groups in total. The Labute approximate surface area is 123 Å². The van der Waals surface area contributed by atoms with Crippen LogP contribution >= 0.6 is 11.6 Å². The second-order valence-electron chi connectivity index (χ2n) is 4.22. The summed E-state index contributed by atoms with van der Waals surface area (Å²) < 4.78 is 10.7. The average Bonchev–Trinajstić information content (AvgIpc) is 3.07. The SMILES string of the molecule is Cc1occc1-c1nnc(-c2ccc([N+](=O)[O-])cc2Cl)o1. The number of nitro groups is 1. The minimum atomic E-state index is -0.524. The number of aryl methyl sites for hydroxylation is 1. The number of aromatic nitrogens is 2. The van der Waals surface area contributed by atoms with E-state index in [9.17, 15) is 10.1 Å². The molecule has 0 unspecified atom stereocenters. The van der Waals surface area contributed by atoms with Gasteiger partial charge in [0, 0.05) is 12.1 Å². The van der Waals surface area contributed by atoms with Gasteiger partial charge in [-0.2, -0.15) is 0 Å². The maximum absolute atomic E-state index is 10.7. The second-order valence-corrected chi connectivity index (χ2v) is 4.63. The second kappa shape index (κ2) is 5.02. The van der Waals surface area contributed by atoms with E-state index in [0.29, 0.717) is 22.8 Å². The van der Waals surface area contributed by atoms with Crippen LogP contribution in [0.5, 0.6) is 0 Å². The lowest BCUT2D eigenvalue weighted by molar-refractivity contribution is -0.384. The van der Waals surface area contributed by atoms with Crippen LogP contribution in [-0.2, 0) is 0 Å². The maximum atomic E-state index is 10.7. The van der Waals surface area contributed by atoms with E-state index in [0.717, 1.165) is 0 Å². The molecule has 0 atom stereocenters. The number of benzene rings is 1. The van der Waals surface area contributed by atoms with Crippen molar-refractivity contribution in [1.29, 1.82) is 0 Å². The van der Waals surface area contributed by atoms with E-state index in [1.807, 2.05) is 0 Å². The van der Waals surface area contributed by atoms with Crippen molar-refractivity contribution < 1.29 is 13.8 Å². The van der Waals surface area contributed by atoms with Crippen molar-refractivity contribution in [2.24, 2.45) is 0 Å². The lowest BCUT2D eigenvalue weighted by Crippen LogP contribution is -1.88. The summed E-state index contributed by atoms with van der Waals surface area (Å²) in [6.07, 6.45) is 1.52. The van der Waals surface area contributed by atoms with E-state index in [-0.39, 0.29) is 16.6 Å². The van der Waals surface area contributed by atoms with E-state index < -0.39 is 4.92 Å². The standard InChI is InChI=1S/C13H8ClN3O4/c1-7-9(4-5-20-7)12-15-16-13(21-12)10-3-2-8(17(18)19)6-11(10)14/h2-6H,1H3. The van der Waals surface area contributed by atoms with Crippen LogP contribution in [0.25, 0.3) is 22.9 Å². The minimum Gasteiger partial charge on any atom is -0.469 e.